The van der Waals surface area contributed by atoms with Crippen LogP contribution in [-0.4, -0.2) is 19.5 Å². The summed E-state index contributed by atoms with van der Waals surface area (Å²) in [6, 6.07) is 19.2. The SMILES string of the molecule is COc1ccc(C(=O)COc2ccc3c(-c4cc5cc(Cl)ccc5oc4=O)cc(=O)oc3c2)cc1. The Balaban J connectivity index is 1.48. The quantitative estimate of drug-likeness (QED) is 0.230. The van der Waals surface area contributed by atoms with Crippen molar-refractivity contribution in [3.05, 3.63) is 104 Å². The molecule has 0 aliphatic carbocycles. The van der Waals surface area contributed by atoms with Crippen molar-refractivity contribution in [2.45, 2.75) is 0 Å². The highest BCUT2D eigenvalue weighted by atomic mass is 35.5. The van der Waals surface area contributed by atoms with Gasteiger partial charge in [0.2, 0.25) is 0 Å². The lowest BCUT2D eigenvalue weighted by Crippen LogP contribution is -2.11. The van der Waals surface area contributed by atoms with Gasteiger partial charge < -0.3 is 18.3 Å². The number of ketones is 1. The maximum absolute atomic E-state index is 12.7. The van der Waals surface area contributed by atoms with Crippen LogP contribution in [-0.2, 0) is 0 Å². The predicted octanol–water partition coefficient (Wildman–Crippen LogP) is 5.49. The van der Waals surface area contributed by atoms with Crippen LogP contribution in [0.25, 0.3) is 33.1 Å². The Morgan fingerprint density at radius 3 is 2.37 bits per heavy atom. The molecule has 0 N–H and O–H groups in total. The van der Waals surface area contributed by atoms with Crippen LogP contribution >= 0.6 is 11.6 Å². The molecule has 2 heterocycles. The minimum atomic E-state index is -0.649. The molecule has 0 atom stereocenters. The molecule has 3 aromatic carbocycles. The van der Waals surface area contributed by atoms with Crippen molar-refractivity contribution in [3.63, 3.8) is 0 Å². The summed E-state index contributed by atoms with van der Waals surface area (Å²) in [5, 5.41) is 1.61. The average molecular weight is 489 g/mol. The highest BCUT2D eigenvalue weighted by Crippen LogP contribution is 2.30. The number of fused-ring (bicyclic) bond motifs is 2. The fourth-order valence-electron chi connectivity index (χ4n) is 3.75. The summed E-state index contributed by atoms with van der Waals surface area (Å²) in [7, 11) is 1.55. The number of hydrogen-bond donors (Lipinski definition) is 0. The topological polar surface area (TPSA) is 96.0 Å². The first-order chi connectivity index (χ1) is 16.9. The van der Waals surface area contributed by atoms with Gasteiger partial charge in [0, 0.05) is 39.1 Å². The average Bonchev–Trinajstić information content (AvgIpc) is 2.86. The molecular weight excluding hydrogens is 472 g/mol. The third kappa shape index (κ3) is 4.54. The van der Waals surface area contributed by atoms with Gasteiger partial charge in [-0.3, -0.25) is 4.79 Å². The van der Waals surface area contributed by atoms with E-state index in [-0.39, 0.29) is 23.5 Å². The second kappa shape index (κ2) is 9.12. The van der Waals surface area contributed by atoms with Crippen LogP contribution in [0.5, 0.6) is 11.5 Å². The summed E-state index contributed by atoms with van der Waals surface area (Å²) in [5.74, 6) is 0.749. The smallest absolute Gasteiger partial charge is 0.344 e. The highest BCUT2D eigenvalue weighted by molar-refractivity contribution is 6.31. The molecule has 174 valence electrons. The molecular formula is C27H17ClO7. The zero-order chi connectivity index (χ0) is 24.5. The lowest BCUT2D eigenvalue weighted by atomic mass is 10.0. The molecule has 0 fully saturated rings. The summed E-state index contributed by atoms with van der Waals surface area (Å²) in [6.45, 7) is -0.212. The number of halogens is 1. The Labute approximate surface area is 203 Å². The summed E-state index contributed by atoms with van der Waals surface area (Å²) in [6.07, 6.45) is 0. The van der Waals surface area contributed by atoms with Gasteiger partial charge in [-0.15, -0.1) is 0 Å². The van der Waals surface area contributed by atoms with Crippen molar-refractivity contribution in [1.29, 1.82) is 0 Å². The van der Waals surface area contributed by atoms with E-state index in [9.17, 15) is 14.4 Å². The summed E-state index contributed by atoms with van der Waals surface area (Å²) < 4.78 is 21.5. The van der Waals surface area contributed by atoms with Crippen LogP contribution in [0.1, 0.15) is 10.4 Å². The fraction of sp³-hybridized carbons (Fsp3) is 0.0741. The number of rotatable bonds is 6. The van der Waals surface area contributed by atoms with Crippen LogP contribution in [0, 0.1) is 0 Å². The van der Waals surface area contributed by atoms with Crippen molar-refractivity contribution in [2.24, 2.45) is 0 Å². The lowest BCUT2D eigenvalue weighted by Gasteiger charge is -2.09. The Morgan fingerprint density at radius 2 is 1.60 bits per heavy atom. The number of carbonyl (C=O) groups excluding carboxylic acids is 1. The molecule has 0 amide bonds. The van der Waals surface area contributed by atoms with Crippen LogP contribution in [0.15, 0.2) is 91.2 Å². The number of methoxy groups -OCH3 is 1. The molecule has 0 bridgehead atoms. The zero-order valence-electron chi connectivity index (χ0n) is 18.4. The molecule has 0 spiro atoms. The first-order valence-electron chi connectivity index (χ1n) is 10.5. The molecule has 8 heteroatoms. The largest absolute Gasteiger partial charge is 0.497 e. The Kier molecular flexibility index (Phi) is 5.84. The number of Topliss-reactive ketones (excluding diaryl/α,β-unsaturated/α-hetero) is 1. The molecule has 0 saturated heterocycles. The maximum atomic E-state index is 12.7. The van der Waals surface area contributed by atoms with Gasteiger partial charge in [-0.1, -0.05) is 11.6 Å². The monoisotopic (exact) mass is 488 g/mol. The molecule has 0 saturated carbocycles. The van der Waals surface area contributed by atoms with E-state index in [0.717, 1.165) is 0 Å². The molecule has 0 radical (unpaired) electrons. The Bertz CT molecular complexity index is 1700. The van der Waals surface area contributed by atoms with Gasteiger partial charge in [0.25, 0.3) is 0 Å². The third-order valence-corrected chi connectivity index (χ3v) is 5.72. The highest BCUT2D eigenvalue weighted by Gasteiger charge is 2.15. The maximum Gasteiger partial charge on any atom is 0.344 e. The number of carbonyl (C=O) groups is 1. The molecule has 5 rings (SSSR count). The Morgan fingerprint density at radius 1 is 0.829 bits per heavy atom. The first kappa shape index (κ1) is 22.4. The van der Waals surface area contributed by atoms with E-state index in [1.807, 2.05) is 0 Å². The Hall–Kier alpha value is -4.36. The van der Waals surface area contributed by atoms with E-state index in [2.05, 4.69) is 0 Å². The van der Waals surface area contributed by atoms with Crippen LogP contribution in [0.2, 0.25) is 5.02 Å². The van der Waals surface area contributed by atoms with Gasteiger partial charge in [0.15, 0.2) is 12.4 Å². The minimum Gasteiger partial charge on any atom is -0.497 e. The molecule has 2 aromatic heterocycles. The normalized spacial score (nSPS) is 11.0. The van der Waals surface area contributed by atoms with Gasteiger partial charge >= 0.3 is 11.3 Å². The fourth-order valence-corrected chi connectivity index (χ4v) is 3.93. The van der Waals surface area contributed by atoms with E-state index in [1.165, 1.54) is 12.1 Å². The van der Waals surface area contributed by atoms with Gasteiger partial charge in [-0.2, -0.15) is 0 Å². The standard InChI is InChI=1S/C27H17ClO7/c1-32-18-5-2-15(3-6-18)23(29)14-33-19-7-8-20-21(13-26(30)34-25(20)12-19)22-11-16-10-17(28)4-9-24(16)35-27(22)31/h2-13H,14H2,1H3. The van der Waals surface area contributed by atoms with Gasteiger partial charge in [-0.25, -0.2) is 9.59 Å². The zero-order valence-corrected chi connectivity index (χ0v) is 19.1. The molecule has 0 unspecified atom stereocenters. The summed E-state index contributed by atoms with van der Waals surface area (Å²) in [4.78, 5) is 37.4. The lowest BCUT2D eigenvalue weighted by molar-refractivity contribution is 0.0921. The molecule has 7 nitrogen and oxygen atoms in total. The van der Waals surface area contributed by atoms with Crippen LogP contribution < -0.4 is 20.7 Å². The van der Waals surface area contributed by atoms with Crippen LogP contribution in [0.3, 0.4) is 0 Å². The van der Waals surface area contributed by atoms with Crippen molar-refractivity contribution in [2.75, 3.05) is 13.7 Å². The molecule has 0 aliphatic heterocycles. The summed E-state index contributed by atoms with van der Waals surface area (Å²) in [5.41, 5.74) is 0.360. The van der Waals surface area contributed by atoms with Crippen molar-refractivity contribution >= 4 is 39.3 Å². The van der Waals surface area contributed by atoms with E-state index < -0.39 is 11.3 Å². The third-order valence-electron chi connectivity index (χ3n) is 5.48. The van der Waals surface area contributed by atoms with Gasteiger partial charge in [0.05, 0.1) is 12.7 Å². The van der Waals surface area contributed by atoms with Crippen molar-refractivity contribution in [1.82, 2.24) is 0 Å². The van der Waals surface area contributed by atoms with E-state index in [4.69, 9.17) is 29.9 Å². The minimum absolute atomic E-state index is 0.195. The van der Waals surface area contributed by atoms with Crippen LogP contribution in [0.4, 0.5) is 0 Å². The molecule has 5 aromatic rings. The van der Waals surface area contributed by atoms with E-state index in [1.54, 1.807) is 67.8 Å². The second-order valence-electron chi connectivity index (χ2n) is 7.71. The number of benzene rings is 3. The van der Waals surface area contributed by atoms with Crippen molar-refractivity contribution in [3.8, 4) is 22.6 Å². The van der Waals surface area contributed by atoms with E-state index in [0.29, 0.717) is 44.0 Å². The first-order valence-corrected chi connectivity index (χ1v) is 10.9. The van der Waals surface area contributed by atoms with E-state index >= 15 is 0 Å². The second-order valence-corrected chi connectivity index (χ2v) is 8.14. The predicted molar refractivity (Wildman–Crippen MR) is 132 cm³/mol. The number of hydrogen-bond acceptors (Lipinski definition) is 7. The van der Waals surface area contributed by atoms with Crippen molar-refractivity contribution < 1.29 is 23.1 Å². The van der Waals surface area contributed by atoms with Gasteiger partial charge in [-0.05, 0) is 60.7 Å². The number of ether oxygens (including phenoxy) is 2. The van der Waals surface area contributed by atoms with Gasteiger partial charge in [0.1, 0.15) is 22.7 Å². The summed E-state index contributed by atoms with van der Waals surface area (Å²) >= 11 is 6.07. The molecule has 0 aliphatic rings. The molecule has 35 heavy (non-hydrogen) atoms.